The van der Waals surface area contributed by atoms with Crippen LogP contribution in [0.2, 0.25) is 0 Å². The summed E-state index contributed by atoms with van der Waals surface area (Å²) in [4.78, 5) is 26.6. The van der Waals surface area contributed by atoms with Crippen molar-refractivity contribution in [1.29, 1.82) is 0 Å². The lowest BCUT2D eigenvalue weighted by atomic mass is 10.1. The Bertz CT molecular complexity index is 1110. The lowest BCUT2D eigenvalue weighted by Gasteiger charge is -2.12. The van der Waals surface area contributed by atoms with E-state index < -0.39 is 10.9 Å². The van der Waals surface area contributed by atoms with E-state index in [0.717, 1.165) is 17.0 Å². The van der Waals surface area contributed by atoms with Crippen LogP contribution >= 0.6 is 0 Å². The van der Waals surface area contributed by atoms with Crippen molar-refractivity contribution in [3.05, 3.63) is 86.7 Å². The van der Waals surface area contributed by atoms with Crippen LogP contribution in [0.4, 0.5) is 11.4 Å². The SMILES string of the molecule is Cc1ccc(N=Cc2cc(C)n(-c3ccccc3C(=O)O)c2C)cc1[N+](=O)[O-]. The summed E-state index contributed by atoms with van der Waals surface area (Å²) in [6.45, 7) is 5.45. The number of hydrogen-bond acceptors (Lipinski definition) is 4. The van der Waals surface area contributed by atoms with Crippen LogP contribution in [0, 0.1) is 30.9 Å². The minimum absolute atomic E-state index is 0.0236. The molecule has 1 heterocycles. The van der Waals surface area contributed by atoms with Crippen LogP contribution in [-0.2, 0) is 0 Å². The van der Waals surface area contributed by atoms with E-state index >= 15 is 0 Å². The van der Waals surface area contributed by atoms with E-state index in [1.165, 1.54) is 6.07 Å². The van der Waals surface area contributed by atoms with Crippen molar-refractivity contribution in [2.75, 3.05) is 0 Å². The van der Waals surface area contributed by atoms with Gasteiger partial charge in [-0.05, 0) is 45.0 Å². The van der Waals surface area contributed by atoms with Crippen LogP contribution in [0.25, 0.3) is 5.69 Å². The van der Waals surface area contributed by atoms with Crippen molar-refractivity contribution in [2.24, 2.45) is 4.99 Å². The van der Waals surface area contributed by atoms with Gasteiger partial charge in [0, 0.05) is 34.8 Å². The first-order valence-corrected chi connectivity index (χ1v) is 8.60. The fraction of sp³-hybridized carbons (Fsp3) is 0.143. The largest absolute Gasteiger partial charge is 0.478 e. The lowest BCUT2D eigenvalue weighted by Crippen LogP contribution is -2.07. The molecule has 1 aromatic heterocycles. The van der Waals surface area contributed by atoms with E-state index in [1.807, 2.05) is 24.5 Å². The summed E-state index contributed by atoms with van der Waals surface area (Å²) in [5.74, 6) is -0.995. The van der Waals surface area contributed by atoms with Gasteiger partial charge in [0.2, 0.25) is 0 Å². The number of nitrogens with zero attached hydrogens (tertiary/aromatic N) is 3. The molecule has 0 radical (unpaired) electrons. The minimum Gasteiger partial charge on any atom is -0.478 e. The molecule has 7 nitrogen and oxygen atoms in total. The van der Waals surface area contributed by atoms with Gasteiger partial charge >= 0.3 is 5.97 Å². The zero-order chi connectivity index (χ0) is 20.4. The Hall–Kier alpha value is -3.74. The number of para-hydroxylation sites is 1. The summed E-state index contributed by atoms with van der Waals surface area (Å²) in [6, 6.07) is 13.5. The summed E-state index contributed by atoms with van der Waals surface area (Å²) in [6.07, 6.45) is 1.64. The molecule has 2 aromatic carbocycles. The van der Waals surface area contributed by atoms with Gasteiger partial charge in [0.25, 0.3) is 5.69 Å². The normalized spacial score (nSPS) is 11.1. The van der Waals surface area contributed by atoms with Gasteiger partial charge in [-0.15, -0.1) is 0 Å². The fourth-order valence-electron chi connectivity index (χ4n) is 3.16. The van der Waals surface area contributed by atoms with Crippen LogP contribution < -0.4 is 0 Å². The molecule has 3 aromatic rings. The van der Waals surface area contributed by atoms with E-state index in [9.17, 15) is 20.0 Å². The maximum Gasteiger partial charge on any atom is 0.337 e. The van der Waals surface area contributed by atoms with Crippen molar-refractivity contribution >= 4 is 23.6 Å². The highest BCUT2D eigenvalue weighted by Gasteiger charge is 2.16. The molecule has 28 heavy (non-hydrogen) atoms. The van der Waals surface area contributed by atoms with Gasteiger partial charge in [-0.1, -0.05) is 18.2 Å². The molecular formula is C21H19N3O4. The summed E-state index contributed by atoms with van der Waals surface area (Å²) in [7, 11) is 0. The third-order valence-corrected chi connectivity index (χ3v) is 4.59. The third-order valence-electron chi connectivity index (χ3n) is 4.59. The number of aryl methyl sites for hydroxylation is 2. The Kier molecular flexibility index (Phi) is 5.08. The van der Waals surface area contributed by atoms with E-state index in [2.05, 4.69) is 4.99 Å². The zero-order valence-electron chi connectivity index (χ0n) is 15.7. The molecule has 142 valence electrons. The van der Waals surface area contributed by atoms with E-state index in [4.69, 9.17) is 0 Å². The third kappa shape index (κ3) is 3.55. The Labute approximate surface area is 161 Å². The predicted octanol–water partition coefficient (Wildman–Crippen LogP) is 4.76. The Balaban J connectivity index is 2.02. The second-order valence-electron chi connectivity index (χ2n) is 6.47. The molecule has 3 rings (SSSR count). The first kappa shape index (κ1) is 19.0. The highest BCUT2D eigenvalue weighted by atomic mass is 16.6. The highest BCUT2D eigenvalue weighted by molar-refractivity contribution is 5.92. The maximum atomic E-state index is 11.6. The van der Waals surface area contributed by atoms with Crippen LogP contribution in [0.3, 0.4) is 0 Å². The molecule has 0 aliphatic heterocycles. The molecule has 0 unspecified atom stereocenters. The van der Waals surface area contributed by atoms with Gasteiger partial charge in [-0.3, -0.25) is 15.1 Å². The number of carboxylic acids is 1. The molecule has 0 aliphatic rings. The summed E-state index contributed by atoms with van der Waals surface area (Å²) in [5, 5.41) is 20.6. The van der Waals surface area contributed by atoms with Crippen molar-refractivity contribution in [1.82, 2.24) is 4.57 Å². The topological polar surface area (TPSA) is 97.7 Å². The standard InChI is InChI=1S/C21H19N3O4/c1-13-8-9-17(11-20(13)24(27)28)22-12-16-10-14(2)23(15(16)3)19-7-5-4-6-18(19)21(25)26/h4-12H,1-3H3,(H,25,26). The van der Waals surface area contributed by atoms with E-state index in [-0.39, 0.29) is 11.3 Å². The Morgan fingerprint density at radius 3 is 2.54 bits per heavy atom. The van der Waals surface area contributed by atoms with E-state index in [0.29, 0.717) is 16.9 Å². The van der Waals surface area contributed by atoms with E-state index in [1.54, 1.807) is 49.5 Å². The molecule has 0 atom stereocenters. The Morgan fingerprint density at radius 1 is 1.14 bits per heavy atom. The first-order valence-electron chi connectivity index (χ1n) is 8.60. The minimum atomic E-state index is -0.995. The number of aromatic nitrogens is 1. The van der Waals surface area contributed by atoms with Gasteiger partial charge in [-0.2, -0.15) is 0 Å². The van der Waals surface area contributed by atoms with Gasteiger partial charge in [0.1, 0.15) is 0 Å². The summed E-state index contributed by atoms with van der Waals surface area (Å²) in [5.41, 5.74) is 4.37. The number of nitro benzene ring substituents is 1. The number of carbonyl (C=O) groups is 1. The molecule has 1 N–H and O–H groups in total. The zero-order valence-corrected chi connectivity index (χ0v) is 15.7. The average molecular weight is 377 g/mol. The number of aromatic carboxylic acids is 1. The molecule has 0 aliphatic carbocycles. The number of rotatable bonds is 5. The second kappa shape index (κ2) is 7.48. The smallest absolute Gasteiger partial charge is 0.337 e. The van der Waals surface area contributed by atoms with Gasteiger partial charge in [0.05, 0.1) is 21.9 Å². The lowest BCUT2D eigenvalue weighted by molar-refractivity contribution is -0.385. The van der Waals surface area contributed by atoms with Crippen molar-refractivity contribution in [3.8, 4) is 5.69 Å². The maximum absolute atomic E-state index is 11.6. The van der Waals surface area contributed by atoms with Crippen molar-refractivity contribution < 1.29 is 14.8 Å². The van der Waals surface area contributed by atoms with Crippen molar-refractivity contribution in [3.63, 3.8) is 0 Å². The summed E-state index contributed by atoms with van der Waals surface area (Å²) >= 11 is 0. The van der Waals surface area contributed by atoms with Crippen LogP contribution in [-0.4, -0.2) is 26.8 Å². The first-order chi connectivity index (χ1) is 13.3. The predicted molar refractivity (Wildman–Crippen MR) is 107 cm³/mol. The van der Waals surface area contributed by atoms with Crippen LogP contribution in [0.15, 0.2) is 53.5 Å². The van der Waals surface area contributed by atoms with Crippen LogP contribution in [0.5, 0.6) is 0 Å². The van der Waals surface area contributed by atoms with Gasteiger partial charge in [0.15, 0.2) is 0 Å². The monoisotopic (exact) mass is 377 g/mol. The Morgan fingerprint density at radius 2 is 1.86 bits per heavy atom. The second-order valence-corrected chi connectivity index (χ2v) is 6.47. The van der Waals surface area contributed by atoms with Crippen LogP contribution in [0.1, 0.15) is 32.9 Å². The molecule has 0 saturated carbocycles. The number of nitro groups is 1. The number of carboxylic acid groups (broad SMARTS) is 1. The molecular weight excluding hydrogens is 358 g/mol. The van der Waals surface area contributed by atoms with Gasteiger partial charge in [-0.25, -0.2) is 4.79 Å². The molecule has 0 fully saturated rings. The number of benzene rings is 2. The quantitative estimate of drug-likeness (QED) is 0.394. The molecule has 0 spiro atoms. The molecule has 0 saturated heterocycles. The molecule has 0 bridgehead atoms. The molecule has 0 amide bonds. The number of aliphatic imine (C=N–C) groups is 1. The average Bonchev–Trinajstić information content (AvgIpc) is 2.94. The van der Waals surface area contributed by atoms with Crippen molar-refractivity contribution in [2.45, 2.75) is 20.8 Å². The molecule has 7 heteroatoms. The fourth-order valence-corrected chi connectivity index (χ4v) is 3.16. The number of hydrogen-bond donors (Lipinski definition) is 1. The van der Waals surface area contributed by atoms with Gasteiger partial charge < -0.3 is 9.67 Å². The highest BCUT2D eigenvalue weighted by Crippen LogP contribution is 2.26. The summed E-state index contributed by atoms with van der Waals surface area (Å²) < 4.78 is 1.86.